The van der Waals surface area contributed by atoms with Crippen LogP contribution in [0.15, 0.2) is 41.0 Å². The summed E-state index contributed by atoms with van der Waals surface area (Å²) in [4.78, 5) is 17.8. The van der Waals surface area contributed by atoms with Crippen LogP contribution in [0.1, 0.15) is 19.4 Å². The Morgan fingerprint density at radius 2 is 2.00 bits per heavy atom. The normalized spacial score (nSPS) is 18.1. The summed E-state index contributed by atoms with van der Waals surface area (Å²) >= 11 is 0. The molecule has 3 nitrogen and oxygen atoms in total. The van der Waals surface area contributed by atoms with Gasteiger partial charge in [0.1, 0.15) is 11.5 Å². The Hall–Kier alpha value is -1.90. The number of amides is 1. The zero-order valence-electron chi connectivity index (χ0n) is 9.47. The number of benzene rings is 1. The molecule has 1 aromatic carbocycles. The van der Waals surface area contributed by atoms with Crippen LogP contribution in [-0.2, 0) is 4.79 Å². The molecule has 2 rings (SSSR count). The van der Waals surface area contributed by atoms with E-state index in [2.05, 4.69) is 4.99 Å². The molecule has 1 aromatic rings. The van der Waals surface area contributed by atoms with Crippen LogP contribution in [0.2, 0.25) is 0 Å². The van der Waals surface area contributed by atoms with E-state index in [9.17, 15) is 4.79 Å². The summed E-state index contributed by atoms with van der Waals surface area (Å²) in [6.45, 7) is 4.47. The van der Waals surface area contributed by atoms with Gasteiger partial charge in [0.25, 0.3) is 5.91 Å². The van der Waals surface area contributed by atoms with Crippen molar-refractivity contribution in [1.82, 2.24) is 4.90 Å². The molecule has 0 fully saturated rings. The molecular weight excluding hydrogens is 200 g/mol. The maximum absolute atomic E-state index is 11.9. The van der Waals surface area contributed by atoms with Crippen LogP contribution in [0.5, 0.6) is 0 Å². The molecule has 0 saturated heterocycles. The molecule has 0 atom stereocenters. The summed E-state index contributed by atoms with van der Waals surface area (Å²) in [6, 6.07) is 9.75. The van der Waals surface area contributed by atoms with Gasteiger partial charge in [-0.25, -0.2) is 4.99 Å². The van der Waals surface area contributed by atoms with E-state index in [-0.39, 0.29) is 5.91 Å². The van der Waals surface area contributed by atoms with Gasteiger partial charge in [-0.05, 0) is 25.5 Å². The fourth-order valence-electron chi connectivity index (χ4n) is 1.74. The van der Waals surface area contributed by atoms with Gasteiger partial charge in [0, 0.05) is 6.54 Å². The van der Waals surface area contributed by atoms with Gasteiger partial charge >= 0.3 is 0 Å². The number of amidine groups is 1. The van der Waals surface area contributed by atoms with Crippen LogP contribution in [0.4, 0.5) is 0 Å². The first-order valence-corrected chi connectivity index (χ1v) is 5.36. The third-order valence-electron chi connectivity index (χ3n) is 2.56. The minimum atomic E-state index is -0.0103. The van der Waals surface area contributed by atoms with E-state index < -0.39 is 0 Å². The Morgan fingerprint density at radius 3 is 2.56 bits per heavy atom. The number of hydrogen-bond acceptors (Lipinski definition) is 2. The first-order valence-electron chi connectivity index (χ1n) is 5.36. The maximum atomic E-state index is 11.9. The van der Waals surface area contributed by atoms with Crippen LogP contribution >= 0.6 is 0 Å². The van der Waals surface area contributed by atoms with Crippen molar-refractivity contribution in [2.45, 2.75) is 13.8 Å². The average molecular weight is 214 g/mol. The molecule has 1 amide bonds. The van der Waals surface area contributed by atoms with Crippen molar-refractivity contribution in [3.8, 4) is 0 Å². The number of nitrogens with zero attached hydrogens (tertiary/aromatic N) is 2. The molecule has 1 aliphatic heterocycles. The zero-order valence-corrected chi connectivity index (χ0v) is 9.47. The topological polar surface area (TPSA) is 32.7 Å². The standard InChI is InChI=1S/C13H14N2O/c1-3-15-10(2)14-12(13(15)16)9-11-7-5-4-6-8-11/h4-9H,3H2,1-2H3. The van der Waals surface area contributed by atoms with Gasteiger partial charge in [0.15, 0.2) is 0 Å². The maximum Gasteiger partial charge on any atom is 0.277 e. The molecule has 0 radical (unpaired) electrons. The molecule has 0 unspecified atom stereocenters. The smallest absolute Gasteiger partial charge is 0.277 e. The van der Waals surface area contributed by atoms with E-state index >= 15 is 0 Å². The molecule has 0 aromatic heterocycles. The van der Waals surface area contributed by atoms with E-state index in [1.807, 2.05) is 50.3 Å². The molecule has 0 N–H and O–H groups in total. The Bertz CT molecular complexity index is 460. The second-order valence-electron chi connectivity index (χ2n) is 3.65. The summed E-state index contributed by atoms with van der Waals surface area (Å²) in [5, 5.41) is 0. The Morgan fingerprint density at radius 1 is 1.31 bits per heavy atom. The lowest BCUT2D eigenvalue weighted by Gasteiger charge is -2.11. The molecule has 1 aliphatic rings. The lowest BCUT2D eigenvalue weighted by Crippen LogP contribution is -2.29. The Balaban J connectivity index is 2.31. The zero-order chi connectivity index (χ0) is 11.5. The van der Waals surface area contributed by atoms with Crippen LogP contribution in [0.3, 0.4) is 0 Å². The van der Waals surface area contributed by atoms with Crippen molar-refractivity contribution in [1.29, 1.82) is 0 Å². The minimum Gasteiger partial charge on any atom is -0.295 e. The second-order valence-corrected chi connectivity index (χ2v) is 3.65. The fraction of sp³-hybridized carbons (Fsp3) is 0.231. The first kappa shape index (κ1) is 10.6. The van der Waals surface area contributed by atoms with E-state index in [1.54, 1.807) is 4.90 Å². The highest BCUT2D eigenvalue weighted by molar-refractivity contribution is 6.13. The summed E-state index contributed by atoms with van der Waals surface area (Å²) in [5.41, 5.74) is 1.52. The monoisotopic (exact) mass is 214 g/mol. The average Bonchev–Trinajstić information content (AvgIpc) is 2.55. The minimum absolute atomic E-state index is 0.0103. The van der Waals surface area contributed by atoms with Crippen LogP contribution in [-0.4, -0.2) is 23.2 Å². The van der Waals surface area contributed by atoms with Gasteiger partial charge in [-0.3, -0.25) is 9.69 Å². The molecule has 0 aliphatic carbocycles. The largest absolute Gasteiger partial charge is 0.295 e. The third kappa shape index (κ3) is 1.89. The van der Waals surface area contributed by atoms with Gasteiger partial charge in [-0.15, -0.1) is 0 Å². The molecule has 0 bridgehead atoms. The van der Waals surface area contributed by atoms with E-state index in [1.165, 1.54) is 0 Å². The Labute approximate surface area is 95.1 Å². The SMILES string of the molecule is CCN1C(=O)C(=Cc2ccccc2)N=C1C. The number of carbonyl (C=O) groups is 1. The molecule has 16 heavy (non-hydrogen) atoms. The van der Waals surface area contributed by atoms with Gasteiger partial charge < -0.3 is 0 Å². The number of carbonyl (C=O) groups excluding carboxylic acids is 1. The molecular formula is C13H14N2O. The first-order chi connectivity index (χ1) is 7.72. The fourth-order valence-corrected chi connectivity index (χ4v) is 1.74. The summed E-state index contributed by atoms with van der Waals surface area (Å²) in [7, 11) is 0. The van der Waals surface area contributed by atoms with E-state index in [0.29, 0.717) is 12.2 Å². The lowest BCUT2D eigenvalue weighted by molar-refractivity contribution is -0.122. The predicted molar refractivity (Wildman–Crippen MR) is 64.9 cm³/mol. The number of rotatable bonds is 2. The quantitative estimate of drug-likeness (QED) is 0.695. The number of likely N-dealkylation sites (N-methyl/N-ethyl adjacent to an activating group) is 1. The molecule has 82 valence electrons. The van der Waals surface area contributed by atoms with Gasteiger partial charge in [-0.2, -0.15) is 0 Å². The van der Waals surface area contributed by atoms with Gasteiger partial charge in [-0.1, -0.05) is 30.3 Å². The highest BCUT2D eigenvalue weighted by atomic mass is 16.2. The Kier molecular flexibility index (Phi) is 2.86. The molecule has 3 heteroatoms. The van der Waals surface area contributed by atoms with E-state index in [0.717, 1.165) is 11.4 Å². The van der Waals surface area contributed by atoms with Crippen molar-refractivity contribution >= 4 is 17.8 Å². The van der Waals surface area contributed by atoms with Crippen LogP contribution in [0.25, 0.3) is 6.08 Å². The van der Waals surface area contributed by atoms with Crippen molar-refractivity contribution in [2.75, 3.05) is 6.54 Å². The molecule has 1 heterocycles. The number of aliphatic imine (C=N–C) groups is 1. The van der Waals surface area contributed by atoms with E-state index in [4.69, 9.17) is 0 Å². The lowest BCUT2D eigenvalue weighted by atomic mass is 10.2. The molecule has 0 saturated carbocycles. The summed E-state index contributed by atoms with van der Waals surface area (Å²) < 4.78 is 0. The third-order valence-corrected chi connectivity index (χ3v) is 2.56. The van der Waals surface area contributed by atoms with Crippen LogP contribution < -0.4 is 0 Å². The van der Waals surface area contributed by atoms with Crippen molar-refractivity contribution in [2.24, 2.45) is 4.99 Å². The van der Waals surface area contributed by atoms with Crippen molar-refractivity contribution in [3.05, 3.63) is 41.6 Å². The van der Waals surface area contributed by atoms with Crippen molar-refractivity contribution in [3.63, 3.8) is 0 Å². The summed E-state index contributed by atoms with van der Waals surface area (Å²) in [5.74, 6) is 0.763. The highest BCUT2D eigenvalue weighted by Gasteiger charge is 2.25. The molecule has 0 spiro atoms. The van der Waals surface area contributed by atoms with Gasteiger partial charge in [0.2, 0.25) is 0 Å². The van der Waals surface area contributed by atoms with Gasteiger partial charge in [0.05, 0.1) is 0 Å². The summed E-state index contributed by atoms with van der Waals surface area (Å²) in [6.07, 6.45) is 1.82. The predicted octanol–water partition coefficient (Wildman–Crippen LogP) is 2.31. The number of hydrogen-bond donors (Lipinski definition) is 0. The van der Waals surface area contributed by atoms with Crippen LogP contribution in [0, 0.1) is 0 Å². The second kappa shape index (κ2) is 4.31. The highest BCUT2D eigenvalue weighted by Crippen LogP contribution is 2.17. The van der Waals surface area contributed by atoms with Crippen molar-refractivity contribution < 1.29 is 4.79 Å².